The molecule has 0 radical (unpaired) electrons. The minimum absolute atomic E-state index is 0. The number of carbonyl (C=O) groups excluding carboxylic acids is 1. The first kappa shape index (κ1) is 20.0. The van der Waals surface area contributed by atoms with Gasteiger partial charge in [0, 0.05) is 44.8 Å². The summed E-state index contributed by atoms with van der Waals surface area (Å²) >= 11 is 0. The number of ether oxygens (including phenoxy) is 1. The van der Waals surface area contributed by atoms with Crippen LogP contribution in [-0.2, 0) is 10.0 Å². The number of hydrogen-bond acceptors (Lipinski definition) is 5. The molecule has 0 saturated carbocycles. The third-order valence-electron chi connectivity index (χ3n) is 4.50. The predicted octanol–water partition coefficient (Wildman–Crippen LogP) is 0.947. The van der Waals surface area contributed by atoms with Gasteiger partial charge in [0.2, 0.25) is 10.0 Å². The van der Waals surface area contributed by atoms with E-state index < -0.39 is 10.0 Å². The second-order valence-corrected chi connectivity index (χ2v) is 7.93. The molecular formula is C16H24ClN3O4S. The molecule has 0 aromatic heterocycles. The summed E-state index contributed by atoms with van der Waals surface area (Å²) in [4.78, 5) is 14.5. The van der Waals surface area contributed by atoms with Crippen LogP contribution in [0, 0.1) is 0 Å². The van der Waals surface area contributed by atoms with E-state index >= 15 is 0 Å². The SMILES string of the molecule is COc1ccc(C(=O)N2CCNCC2)cc1S(=O)(=O)N1CCCC1.Cl. The number of carbonyl (C=O) groups is 1. The molecule has 2 aliphatic rings. The lowest BCUT2D eigenvalue weighted by molar-refractivity contribution is 0.0735. The highest BCUT2D eigenvalue weighted by molar-refractivity contribution is 7.89. The zero-order chi connectivity index (χ0) is 17.2. The Hall–Kier alpha value is -1.35. The highest BCUT2D eigenvalue weighted by Crippen LogP contribution is 2.30. The van der Waals surface area contributed by atoms with Crippen LogP contribution in [-0.4, -0.2) is 69.9 Å². The highest BCUT2D eigenvalue weighted by Gasteiger charge is 2.31. The van der Waals surface area contributed by atoms with Crippen molar-refractivity contribution < 1.29 is 17.9 Å². The smallest absolute Gasteiger partial charge is 0.253 e. The molecule has 25 heavy (non-hydrogen) atoms. The Labute approximate surface area is 154 Å². The van der Waals surface area contributed by atoms with E-state index in [1.807, 2.05) is 0 Å². The standard InChI is InChI=1S/C16H23N3O4S.ClH/c1-23-14-5-4-13(16(20)18-10-6-17-7-11-18)12-15(14)24(21,22)19-8-2-3-9-19;/h4-5,12,17H,2-3,6-11H2,1H3;1H. The molecule has 0 bridgehead atoms. The van der Waals surface area contributed by atoms with Gasteiger partial charge >= 0.3 is 0 Å². The molecule has 140 valence electrons. The molecule has 1 aromatic carbocycles. The maximum absolute atomic E-state index is 12.9. The molecule has 7 nitrogen and oxygen atoms in total. The topological polar surface area (TPSA) is 79.0 Å². The van der Waals surface area contributed by atoms with Gasteiger partial charge in [-0.25, -0.2) is 8.42 Å². The van der Waals surface area contributed by atoms with Crippen LogP contribution < -0.4 is 10.1 Å². The zero-order valence-electron chi connectivity index (χ0n) is 14.2. The third-order valence-corrected chi connectivity index (χ3v) is 6.42. The van der Waals surface area contributed by atoms with E-state index in [4.69, 9.17) is 4.74 Å². The van der Waals surface area contributed by atoms with E-state index in [9.17, 15) is 13.2 Å². The number of methoxy groups -OCH3 is 1. The van der Waals surface area contributed by atoms with Gasteiger partial charge in [-0.1, -0.05) is 0 Å². The average Bonchev–Trinajstić information content (AvgIpc) is 3.17. The molecule has 2 fully saturated rings. The minimum atomic E-state index is -3.64. The quantitative estimate of drug-likeness (QED) is 0.829. The summed E-state index contributed by atoms with van der Waals surface area (Å²) in [5.41, 5.74) is 0.385. The number of sulfonamides is 1. The van der Waals surface area contributed by atoms with Gasteiger partial charge in [0.25, 0.3) is 5.91 Å². The average molecular weight is 390 g/mol. The molecule has 2 saturated heterocycles. The monoisotopic (exact) mass is 389 g/mol. The molecule has 0 unspecified atom stereocenters. The van der Waals surface area contributed by atoms with Crippen LogP contribution in [0.2, 0.25) is 0 Å². The number of rotatable bonds is 4. The molecule has 1 aromatic rings. The summed E-state index contributed by atoms with van der Waals surface area (Å²) in [7, 11) is -2.20. The van der Waals surface area contributed by atoms with Crippen LogP contribution in [0.25, 0.3) is 0 Å². The summed E-state index contributed by atoms with van der Waals surface area (Å²) < 4.78 is 32.4. The second-order valence-electron chi connectivity index (χ2n) is 6.02. The van der Waals surface area contributed by atoms with Gasteiger partial charge in [0.15, 0.2) is 0 Å². The van der Waals surface area contributed by atoms with Crippen molar-refractivity contribution in [1.29, 1.82) is 0 Å². The molecule has 1 N–H and O–H groups in total. The van der Waals surface area contributed by atoms with Crippen LogP contribution in [0.1, 0.15) is 23.2 Å². The summed E-state index contributed by atoms with van der Waals surface area (Å²) in [6, 6.07) is 4.65. The zero-order valence-corrected chi connectivity index (χ0v) is 15.9. The van der Waals surface area contributed by atoms with Crippen molar-refractivity contribution in [3.8, 4) is 5.75 Å². The normalized spacial score (nSPS) is 18.7. The summed E-state index contributed by atoms with van der Waals surface area (Å²) in [5.74, 6) is 0.135. The Morgan fingerprint density at radius 3 is 2.36 bits per heavy atom. The lowest BCUT2D eigenvalue weighted by Crippen LogP contribution is -2.46. The maximum atomic E-state index is 12.9. The number of amides is 1. The Morgan fingerprint density at radius 2 is 1.76 bits per heavy atom. The van der Waals surface area contributed by atoms with E-state index in [1.165, 1.54) is 17.5 Å². The lowest BCUT2D eigenvalue weighted by atomic mass is 10.1. The first-order valence-electron chi connectivity index (χ1n) is 8.22. The Bertz CT molecular complexity index is 714. The number of halogens is 1. The lowest BCUT2D eigenvalue weighted by Gasteiger charge is -2.27. The fourth-order valence-electron chi connectivity index (χ4n) is 3.13. The molecule has 1 amide bonds. The van der Waals surface area contributed by atoms with Crippen LogP contribution in [0.3, 0.4) is 0 Å². The van der Waals surface area contributed by atoms with Gasteiger partial charge in [-0.15, -0.1) is 12.4 Å². The van der Waals surface area contributed by atoms with Crippen molar-refractivity contribution in [2.45, 2.75) is 17.7 Å². The van der Waals surface area contributed by atoms with E-state index in [0.29, 0.717) is 31.7 Å². The number of nitrogens with zero attached hydrogens (tertiary/aromatic N) is 2. The van der Waals surface area contributed by atoms with Gasteiger partial charge in [0.1, 0.15) is 10.6 Å². The van der Waals surface area contributed by atoms with Crippen molar-refractivity contribution in [1.82, 2.24) is 14.5 Å². The van der Waals surface area contributed by atoms with Gasteiger partial charge in [0.05, 0.1) is 7.11 Å². The van der Waals surface area contributed by atoms with Crippen molar-refractivity contribution in [3.63, 3.8) is 0 Å². The van der Waals surface area contributed by atoms with E-state index in [0.717, 1.165) is 25.9 Å². The molecule has 0 aliphatic carbocycles. The molecular weight excluding hydrogens is 366 g/mol. The van der Waals surface area contributed by atoms with Crippen LogP contribution >= 0.6 is 12.4 Å². The molecule has 0 atom stereocenters. The van der Waals surface area contributed by atoms with Crippen LogP contribution in [0.5, 0.6) is 5.75 Å². The van der Waals surface area contributed by atoms with E-state index in [1.54, 1.807) is 17.0 Å². The molecule has 2 heterocycles. The van der Waals surface area contributed by atoms with E-state index in [2.05, 4.69) is 5.32 Å². The molecule has 9 heteroatoms. The largest absolute Gasteiger partial charge is 0.495 e. The van der Waals surface area contributed by atoms with Crippen molar-refractivity contribution in [2.75, 3.05) is 46.4 Å². The van der Waals surface area contributed by atoms with Crippen molar-refractivity contribution in [3.05, 3.63) is 23.8 Å². The second kappa shape index (κ2) is 8.35. The third kappa shape index (κ3) is 4.08. The number of benzene rings is 1. The number of nitrogens with one attached hydrogen (secondary N) is 1. The van der Waals surface area contributed by atoms with Crippen molar-refractivity contribution in [2.24, 2.45) is 0 Å². The highest BCUT2D eigenvalue weighted by atomic mass is 35.5. The van der Waals surface area contributed by atoms with Gasteiger partial charge < -0.3 is 15.0 Å². The summed E-state index contributed by atoms with van der Waals surface area (Å²) in [6.07, 6.45) is 1.72. The fourth-order valence-corrected chi connectivity index (χ4v) is 4.83. The number of piperazine rings is 1. The first-order chi connectivity index (χ1) is 11.5. The number of hydrogen-bond donors (Lipinski definition) is 1. The summed E-state index contributed by atoms with van der Waals surface area (Å²) in [6.45, 7) is 3.78. The Morgan fingerprint density at radius 1 is 1.12 bits per heavy atom. The predicted molar refractivity (Wildman–Crippen MR) is 97.0 cm³/mol. The molecule has 3 rings (SSSR count). The maximum Gasteiger partial charge on any atom is 0.253 e. The van der Waals surface area contributed by atoms with Gasteiger partial charge in [-0.05, 0) is 31.0 Å². The first-order valence-corrected chi connectivity index (χ1v) is 9.66. The van der Waals surface area contributed by atoms with Crippen LogP contribution in [0.15, 0.2) is 23.1 Å². The Kier molecular flexibility index (Phi) is 6.67. The van der Waals surface area contributed by atoms with Crippen LogP contribution in [0.4, 0.5) is 0 Å². The summed E-state index contributed by atoms with van der Waals surface area (Å²) in [5, 5.41) is 3.20. The molecule has 2 aliphatic heterocycles. The van der Waals surface area contributed by atoms with E-state index in [-0.39, 0.29) is 29.0 Å². The van der Waals surface area contributed by atoms with Crippen molar-refractivity contribution >= 4 is 28.3 Å². The Balaban J connectivity index is 0.00000225. The minimum Gasteiger partial charge on any atom is -0.495 e. The fraction of sp³-hybridized carbons (Fsp3) is 0.562. The van der Waals surface area contributed by atoms with Gasteiger partial charge in [-0.2, -0.15) is 4.31 Å². The van der Waals surface area contributed by atoms with Gasteiger partial charge in [-0.3, -0.25) is 4.79 Å². The molecule has 0 spiro atoms.